The lowest BCUT2D eigenvalue weighted by Crippen LogP contribution is -2.12. The van der Waals surface area contributed by atoms with Gasteiger partial charge in [-0.05, 0) is 65.4 Å². The van der Waals surface area contributed by atoms with E-state index >= 15 is 0 Å². The molecule has 0 unspecified atom stereocenters. The Bertz CT molecular complexity index is 3040. The summed E-state index contributed by atoms with van der Waals surface area (Å²) in [5.74, 6) is 2.47. The zero-order valence-corrected chi connectivity index (χ0v) is 35.5. The number of carboxylic acid groups (broad SMARTS) is 2. The van der Waals surface area contributed by atoms with Gasteiger partial charge >= 0.3 is 5.97 Å². The molecule has 0 spiro atoms. The molecule has 318 valence electrons. The van der Waals surface area contributed by atoms with E-state index in [4.69, 9.17) is 30.3 Å². The molecule has 0 radical (unpaired) electrons. The molecule has 0 aliphatic heterocycles. The minimum Gasteiger partial charge on any atom is -0.481 e. The lowest BCUT2D eigenvalue weighted by Gasteiger charge is -2.07. The lowest BCUT2D eigenvalue weighted by molar-refractivity contribution is -0.432. The Morgan fingerprint density at radius 1 is 0.645 bits per heavy atom. The molecule has 2 aliphatic carbocycles. The standard InChI is InChI=1S/C19H11N3O7S2.C18H10N2.C2H4O2.C2H6.CH5NO2S/c20-31(26,27)11-4-9-3-10(30-29-28-25)6-12-16(9)13(7-11)18-17(12)22-15-5-8(19(23)24)1-2-14(15)21-18;1-2-10-15-14(9-1)19-17-12-7-3-5-11-6-4-8-13(16(11)12)18(17)20-15;1-2(3)4;1-2;1-5-4-3-2/h1-7,25H,(H,23,24)(H2,20,26,27);1-10H;1H3,(H,3,4);1-2H3;2H2,1H3. The van der Waals surface area contributed by atoms with Crippen LogP contribution in [0.1, 0.15) is 31.1 Å². The van der Waals surface area contributed by atoms with Crippen LogP contribution in [-0.4, -0.2) is 62.0 Å². The molecule has 17 nitrogen and oxygen atoms in total. The predicted molar refractivity (Wildman–Crippen MR) is 236 cm³/mol. The van der Waals surface area contributed by atoms with E-state index < -0.39 is 22.0 Å². The number of aromatic carboxylic acids is 1. The number of nitrogens with two attached hydrogens (primary N) is 2. The SMILES string of the molecule is CC.CC(=O)O.CSOON.NS(=O)(=O)c1cc2c3c(cc(SOOO)cc3c1)-c1nc3cc(C(=O)O)ccc3nc1-2.c1cc2c3c(cccc3c1)-c1nc3ccccc3nc1-2. The molecule has 20 heteroatoms. The number of benzene rings is 6. The summed E-state index contributed by atoms with van der Waals surface area (Å²) in [7, 11) is -4.01. The van der Waals surface area contributed by atoms with Crippen molar-refractivity contribution in [3.8, 4) is 45.0 Å². The van der Waals surface area contributed by atoms with Gasteiger partial charge in [0.2, 0.25) is 10.0 Å². The molecule has 2 aliphatic rings. The van der Waals surface area contributed by atoms with Crippen molar-refractivity contribution in [3.05, 3.63) is 109 Å². The Morgan fingerprint density at radius 3 is 1.66 bits per heavy atom. The number of para-hydroxylation sites is 2. The van der Waals surface area contributed by atoms with Gasteiger partial charge in [0.05, 0.1) is 67.3 Å². The van der Waals surface area contributed by atoms with Crippen molar-refractivity contribution in [2.45, 2.75) is 30.6 Å². The Labute approximate surface area is 361 Å². The number of nitrogens with zero attached hydrogens (tertiary/aromatic N) is 4. The summed E-state index contributed by atoms with van der Waals surface area (Å²) < 4.78 is 32.6. The Balaban J connectivity index is 0.000000176. The summed E-state index contributed by atoms with van der Waals surface area (Å²) in [6, 6.07) is 31.4. The second-order valence-electron chi connectivity index (χ2n) is 12.7. The summed E-state index contributed by atoms with van der Waals surface area (Å²) in [6.07, 6.45) is 1.70. The van der Waals surface area contributed by atoms with Crippen molar-refractivity contribution in [2.24, 2.45) is 11.0 Å². The number of sulfonamides is 1. The lowest BCUT2D eigenvalue weighted by atomic mass is 10.0. The molecule has 0 fully saturated rings. The summed E-state index contributed by atoms with van der Waals surface area (Å²) in [5.41, 5.74) is 9.31. The van der Waals surface area contributed by atoms with E-state index in [-0.39, 0.29) is 10.5 Å². The number of aliphatic carboxylic acids is 1. The molecule has 8 aromatic rings. The third kappa shape index (κ3) is 9.49. The fourth-order valence-corrected chi connectivity index (χ4v) is 7.92. The number of fused-ring (bicyclic) bond motifs is 8. The number of primary sulfonamides is 1. The number of rotatable bonds is 7. The summed E-state index contributed by atoms with van der Waals surface area (Å²) in [6.45, 7) is 5.08. The molecule has 7 N–H and O–H groups in total. The van der Waals surface area contributed by atoms with Gasteiger partial charge in [-0.15, -0.1) is 13.7 Å². The van der Waals surface area contributed by atoms with Crippen LogP contribution in [0.5, 0.6) is 0 Å². The van der Waals surface area contributed by atoms with Crippen LogP contribution in [-0.2, 0) is 33.5 Å². The first-order valence-electron chi connectivity index (χ1n) is 18.2. The van der Waals surface area contributed by atoms with Gasteiger partial charge in [0.25, 0.3) is 5.97 Å². The molecule has 2 aromatic heterocycles. The van der Waals surface area contributed by atoms with E-state index in [1.165, 1.54) is 46.2 Å². The number of hydrogen-bond acceptors (Lipinski definition) is 16. The second kappa shape index (κ2) is 19.7. The zero-order chi connectivity index (χ0) is 44.7. The van der Waals surface area contributed by atoms with Crippen LogP contribution < -0.4 is 11.0 Å². The Kier molecular flexibility index (Phi) is 14.4. The molecular formula is C42H36N6O11S3. The molecule has 6 aromatic carbocycles. The van der Waals surface area contributed by atoms with E-state index in [9.17, 15) is 18.3 Å². The smallest absolute Gasteiger partial charge is 0.335 e. The van der Waals surface area contributed by atoms with Crippen molar-refractivity contribution in [1.82, 2.24) is 19.9 Å². The Hall–Kier alpha value is -6.17. The van der Waals surface area contributed by atoms with Crippen molar-refractivity contribution >= 4 is 89.7 Å². The van der Waals surface area contributed by atoms with Gasteiger partial charge in [0.15, 0.2) is 0 Å². The van der Waals surface area contributed by atoms with Gasteiger partial charge in [-0.2, -0.15) is 5.90 Å². The summed E-state index contributed by atoms with van der Waals surface area (Å²) >= 11 is 1.76. The predicted octanol–water partition coefficient (Wildman–Crippen LogP) is 8.84. The summed E-state index contributed by atoms with van der Waals surface area (Å²) in [5, 5.41) is 37.9. The molecule has 0 saturated heterocycles. The largest absolute Gasteiger partial charge is 0.481 e. The monoisotopic (exact) mass is 896 g/mol. The van der Waals surface area contributed by atoms with Crippen LogP contribution in [0, 0.1) is 0 Å². The quantitative estimate of drug-likeness (QED) is 0.0568. The van der Waals surface area contributed by atoms with E-state index in [2.05, 4.69) is 71.0 Å². The zero-order valence-electron chi connectivity index (χ0n) is 33.1. The van der Waals surface area contributed by atoms with Gasteiger partial charge in [-0.3, -0.25) is 4.79 Å². The van der Waals surface area contributed by atoms with Crippen LogP contribution >= 0.6 is 24.1 Å². The second-order valence-corrected chi connectivity index (χ2v) is 15.5. The van der Waals surface area contributed by atoms with E-state index in [0.717, 1.165) is 41.4 Å². The minimum absolute atomic E-state index is 0.0664. The van der Waals surface area contributed by atoms with Gasteiger partial charge in [-0.25, -0.2) is 43.5 Å². The molecule has 10 rings (SSSR count). The van der Waals surface area contributed by atoms with Crippen molar-refractivity contribution < 1.29 is 52.2 Å². The normalized spacial score (nSPS) is 11.3. The molecule has 0 saturated carbocycles. The topological polar surface area (TPSA) is 269 Å². The van der Waals surface area contributed by atoms with Crippen molar-refractivity contribution in [2.75, 3.05) is 6.26 Å². The first kappa shape index (κ1) is 45.4. The Morgan fingerprint density at radius 2 is 1.16 bits per heavy atom. The van der Waals surface area contributed by atoms with Gasteiger partial charge in [0, 0.05) is 63.1 Å². The summed E-state index contributed by atoms with van der Waals surface area (Å²) in [4.78, 5) is 43.3. The van der Waals surface area contributed by atoms with E-state index in [1.807, 2.05) is 38.1 Å². The average Bonchev–Trinajstić information content (AvgIpc) is 3.74. The molecule has 0 atom stereocenters. The van der Waals surface area contributed by atoms with Crippen LogP contribution in [0.3, 0.4) is 0 Å². The molecule has 2 heterocycles. The van der Waals surface area contributed by atoms with Crippen molar-refractivity contribution in [3.63, 3.8) is 0 Å². The fraction of sp³-hybridized carbons (Fsp3) is 0.0952. The maximum absolute atomic E-state index is 12.0. The van der Waals surface area contributed by atoms with Gasteiger partial charge in [0.1, 0.15) is 0 Å². The highest BCUT2D eigenvalue weighted by Crippen LogP contribution is 2.49. The third-order valence-electron chi connectivity index (χ3n) is 9.00. The number of carbonyl (C=O) groups is 2. The van der Waals surface area contributed by atoms with Crippen LogP contribution in [0.2, 0.25) is 0 Å². The molecule has 0 bridgehead atoms. The van der Waals surface area contributed by atoms with Crippen LogP contribution in [0.4, 0.5) is 0 Å². The molecule has 0 amide bonds. The van der Waals surface area contributed by atoms with E-state index in [1.54, 1.807) is 24.5 Å². The molecular weight excluding hydrogens is 861 g/mol. The van der Waals surface area contributed by atoms with Crippen molar-refractivity contribution in [1.29, 1.82) is 0 Å². The van der Waals surface area contributed by atoms with Gasteiger partial charge < -0.3 is 10.2 Å². The minimum atomic E-state index is -4.01. The highest BCUT2D eigenvalue weighted by molar-refractivity contribution is 7.94. The highest BCUT2D eigenvalue weighted by atomic mass is 32.2. The number of carboxylic acids is 2. The van der Waals surface area contributed by atoms with Crippen LogP contribution in [0.15, 0.2) is 113 Å². The third-order valence-corrected chi connectivity index (χ3v) is 10.7. The average molecular weight is 897 g/mol. The first-order chi connectivity index (χ1) is 29.8. The van der Waals surface area contributed by atoms with Gasteiger partial charge in [-0.1, -0.05) is 67.4 Å². The van der Waals surface area contributed by atoms with Crippen LogP contribution in [0.25, 0.3) is 88.6 Å². The number of hydrogen-bond donors (Lipinski definition) is 5. The maximum Gasteiger partial charge on any atom is 0.335 e. The fourth-order valence-electron chi connectivity index (χ4n) is 6.81. The first-order valence-corrected chi connectivity index (χ1v) is 21.7. The highest BCUT2D eigenvalue weighted by Gasteiger charge is 2.29. The maximum atomic E-state index is 12.0. The number of aromatic nitrogens is 4. The van der Waals surface area contributed by atoms with E-state index in [0.29, 0.717) is 61.3 Å². The molecule has 62 heavy (non-hydrogen) atoms.